The lowest BCUT2D eigenvalue weighted by atomic mass is 9.97. The Balaban J connectivity index is 0.000000186. The number of hydrogen-bond donors (Lipinski definition) is 0. The molecule has 54 heavy (non-hydrogen) atoms. The summed E-state index contributed by atoms with van der Waals surface area (Å²) in [6.07, 6.45) is 3.22. The molecule has 0 saturated heterocycles. The van der Waals surface area contributed by atoms with Crippen LogP contribution < -0.4 is 10.9 Å². The zero-order valence-corrected chi connectivity index (χ0v) is 33.1. The third-order valence-electron chi connectivity index (χ3n) is 8.86. The molecular weight excluding hydrogens is 814 g/mol. The summed E-state index contributed by atoms with van der Waals surface area (Å²) in [5.74, 6) is -0.743. The van der Waals surface area contributed by atoms with Gasteiger partial charge < -0.3 is 9.13 Å². The number of halogens is 2. The molecule has 0 aliphatic carbocycles. The van der Waals surface area contributed by atoms with E-state index in [1.165, 1.54) is 14.2 Å². The van der Waals surface area contributed by atoms with Crippen molar-refractivity contribution in [1.82, 2.24) is 24.2 Å². The van der Waals surface area contributed by atoms with Crippen LogP contribution in [0.5, 0.6) is 0 Å². The van der Waals surface area contributed by atoms with E-state index in [2.05, 4.69) is 41.8 Å². The maximum Gasteiger partial charge on any atom is 0.282 e. The predicted octanol–water partition coefficient (Wildman–Crippen LogP) is 7.90. The normalized spacial score (nSPS) is 10.9. The lowest BCUT2D eigenvalue weighted by Gasteiger charge is -2.16. The molecule has 7 aromatic rings. The van der Waals surface area contributed by atoms with E-state index >= 15 is 0 Å². The third-order valence-corrected chi connectivity index (χ3v) is 9.74. The molecule has 272 valence electrons. The van der Waals surface area contributed by atoms with Crippen LogP contribution in [-0.2, 0) is 17.9 Å². The van der Waals surface area contributed by atoms with Crippen LogP contribution in [0.3, 0.4) is 0 Å². The number of carbonyl (C=O) groups is 2. The topological polar surface area (TPSA) is 116 Å². The van der Waals surface area contributed by atoms with Crippen LogP contribution in [0.15, 0.2) is 134 Å². The number of fused-ring (bicyclic) bond motifs is 2. The number of hydroxylamine groups is 2. The van der Waals surface area contributed by atoms with E-state index in [4.69, 9.17) is 4.84 Å². The Morgan fingerprint density at radius 3 is 1.69 bits per heavy atom. The molecule has 4 aromatic heterocycles. The van der Waals surface area contributed by atoms with E-state index in [0.717, 1.165) is 47.8 Å². The second kappa shape index (κ2) is 16.6. The molecule has 0 aliphatic rings. The maximum atomic E-state index is 13.3. The Hall–Kier alpha value is -5.56. The van der Waals surface area contributed by atoms with Gasteiger partial charge in [-0.25, -0.2) is 15.0 Å². The van der Waals surface area contributed by atoms with Gasteiger partial charge in [-0.2, -0.15) is 0 Å². The highest BCUT2D eigenvalue weighted by atomic mass is 79.9. The van der Waals surface area contributed by atoms with Crippen molar-refractivity contribution < 1.29 is 14.4 Å². The number of para-hydroxylation sites is 2. The summed E-state index contributed by atoms with van der Waals surface area (Å²) >= 11 is 6.75. The lowest BCUT2D eigenvalue weighted by molar-refractivity contribution is -0.0758. The maximum absolute atomic E-state index is 13.3. The zero-order chi connectivity index (χ0) is 38.5. The van der Waals surface area contributed by atoms with Crippen LogP contribution in [0.2, 0.25) is 0 Å². The van der Waals surface area contributed by atoms with Crippen LogP contribution >= 0.6 is 31.9 Å². The van der Waals surface area contributed by atoms with Gasteiger partial charge in [0.25, 0.3) is 5.91 Å². The van der Waals surface area contributed by atoms with Crippen LogP contribution in [0.4, 0.5) is 0 Å². The highest BCUT2D eigenvalue weighted by molar-refractivity contribution is 9.10. The third kappa shape index (κ3) is 8.31. The van der Waals surface area contributed by atoms with E-state index in [1.54, 1.807) is 30.6 Å². The molecule has 0 radical (unpaired) electrons. The Kier molecular flexibility index (Phi) is 11.8. The molecule has 10 nitrogen and oxygen atoms in total. The number of nitrogens with zero attached hydrogens (tertiary/aromatic N) is 5. The summed E-state index contributed by atoms with van der Waals surface area (Å²) in [7, 11) is 2.85. The second-order valence-electron chi connectivity index (χ2n) is 12.6. The summed E-state index contributed by atoms with van der Waals surface area (Å²) in [6.45, 7) is 4.70. The standard InChI is InChI=1S/C24H19BrN2O2.C18H16BrN3O3/c1-15-10-11-16(2)19(12-15)24(29)20-14-27(13-17-6-5-9-22(25)26-17)21-8-4-3-7-18(21)23(20)28;1-21(25-2)18(24)14-11-22(10-12-6-5-9-16(19)20-12)15-8-4-3-7-13(15)17(14)23/h3-12,14H,13H2,1-2H3;3-9,11H,10H2,1-2H3. The summed E-state index contributed by atoms with van der Waals surface area (Å²) in [6, 6.07) is 31.6. The van der Waals surface area contributed by atoms with Gasteiger partial charge >= 0.3 is 0 Å². The van der Waals surface area contributed by atoms with Crippen molar-refractivity contribution in [1.29, 1.82) is 0 Å². The Morgan fingerprint density at radius 2 is 1.17 bits per heavy atom. The van der Waals surface area contributed by atoms with Crippen LogP contribution in [-0.4, -0.2) is 50.0 Å². The number of aryl methyl sites for hydroxylation is 2. The molecule has 0 atom stereocenters. The fraction of sp³-hybridized carbons (Fsp3) is 0.143. The number of benzene rings is 3. The Bertz CT molecular complexity index is 2670. The van der Waals surface area contributed by atoms with Gasteiger partial charge in [0.1, 0.15) is 14.8 Å². The largest absolute Gasteiger partial charge is 0.340 e. The minimum Gasteiger partial charge on any atom is -0.340 e. The number of hydrogen-bond acceptors (Lipinski definition) is 7. The van der Waals surface area contributed by atoms with Gasteiger partial charge in [-0.1, -0.05) is 54.1 Å². The SMILES string of the molecule is CON(C)C(=O)c1cn(Cc2cccc(Br)n2)c2ccccc2c1=O.Cc1ccc(C)c(C(=O)c2cn(Cc3cccc(Br)n3)c3ccccc3c2=O)c1. The van der Waals surface area contributed by atoms with E-state index in [0.29, 0.717) is 29.4 Å². The lowest BCUT2D eigenvalue weighted by Crippen LogP contribution is -2.31. The van der Waals surface area contributed by atoms with Crippen molar-refractivity contribution >= 4 is 65.4 Å². The fourth-order valence-corrected chi connectivity index (χ4v) is 6.83. The highest BCUT2D eigenvalue weighted by Crippen LogP contribution is 2.20. The Morgan fingerprint density at radius 1 is 0.667 bits per heavy atom. The molecule has 0 unspecified atom stereocenters. The van der Waals surface area contributed by atoms with Crippen molar-refractivity contribution in [3.8, 4) is 0 Å². The van der Waals surface area contributed by atoms with E-state index in [-0.39, 0.29) is 27.8 Å². The zero-order valence-electron chi connectivity index (χ0n) is 29.9. The van der Waals surface area contributed by atoms with Crippen LogP contribution in [0.25, 0.3) is 21.8 Å². The molecule has 1 amide bonds. The summed E-state index contributed by atoms with van der Waals surface area (Å²) in [5, 5.41) is 2.04. The van der Waals surface area contributed by atoms with Crippen LogP contribution in [0, 0.1) is 13.8 Å². The predicted molar refractivity (Wildman–Crippen MR) is 217 cm³/mol. The van der Waals surface area contributed by atoms with Gasteiger partial charge in [0.15, 0.2) is 5.78 Å². The van der Waals surface area contributed by atoms with Gasteiger partial charge in [-0.15, -0.1) is 0 Å². The van der Waals surface area contributed by atoms with Gasteiger partial charge in [0.2, 0.25) is 10.9 Å². The molecule has 0 aliphatic heterocycles. The minimum atomic E-state index is -0.491. The number of pyridine rings is 4. The van der Waals surface area contributed by atoms with E-state index in [1.807, 2.05) is 108 Å². The minimum absolute atomic E-state index is 0.0537. The molecule has 7 rings (SSSR count). The van der Waals surface area contributed by atoms with Gasteiger partial charge in [0, 0.05) is 35.8 Å². The van der Waals surface area contributed by atoms with Gasteiger partial charge in [-0.05, 0) is 106 Å². The smallest absolute Gasteiger partial charge is 0.282 e. The summed E-state index contributed by atoms with van der Waals surface area (Å²) in [5.41, 5.74) is 5.22. The average molecular weight is 850 g/mol. The molecule has 3 aromatic carbocycles. The molecule has 4 heterocycles. The number of rotatable bonds is 8. The molecule has 0 spiro atoms. The average Bonchev–Trinajstić information content (AvgIpc) is 3.17. The fourth-order valence-electron chi connectivity index (χ4n) is 6.07. The number of amides is 1. The van der Waals surface area contributed by atoms with Crippen molar-refractivity contribution in [2.45, 2.75) is 26.9 Å². The monoisotopic (exact) mass is 847 g/mol. The van der Waals surface area contributed by atoms with Crippen molar-refractivity contribution in [3.05, 3.63) is 184 Å². The first kappa shape index (κ1) is 38.2. The molecule has 0 saturated carbocycles. The number of carbonyl (C=O) groups excluding carboxylic acids is 2. The molecule has 0 fully saturated rings. The molecule has 12 heteroatoms. The molecular formula is C42H35Br2N5O5. The highest BCUT2D eigenvalue weighted by Gasteiger charge is 2.20. The van der Waals surface area contributed by atoms with Crippen molar-refractivity contribution in [2.24, 2.45) is 0 Å². The van der Waals surface area contributed by atoms with E-state index < -0.39 is 5.91 Å². The van der Waals surface area contributed by atoms with Crippen molar-refractivity contribution in [3.63, 3.8) is 0 Å². The summed E-state index contributed by atoms with van der Waals surface area (Å²) < 4.78 is 5.24. The second-order valence-corrected chi connectivity index (χ2v) is 14.2. The van der Waals surface area contributed by atoms with Gasteiger partial charge in [-0.3, -0.25) is 24.0 Å². The molecule has 0 N–H and O–H groups in total. The number of ketones is 1. The first-order chi connectivity index (χ1) is 25.9. The molecule has 0 bridgehead atoms. The van der Waals surface area contributed by atoms with Crippen molar-refractivity contribution in [2.75, 3.05) is 14.2 Å². The Labute approximate surface area is 327 Å². The first-order valence-corrected chi connectivity index (χ1v) is 18.4. The quantitative estimate of drug-likeness (QED) is 0.0868. The number of aromatic nitrogens is 4. The first-order valence-electron chi connectivity index (χ1n) is 16.9. The summed E-state index contributed by atoms with van der Waals surface area (Å²) in [4.78, 5) is 65.5. The van der Waals surface area contributed by atoms with Crippen LogP contribution in [0.1, 0.15) is 48.8 Å². The van der Waals surface area contributed by atoms with Gasteiger partial charge in [0.05, 0.1) is 48.2 Å². The van der Waals surface area contributed by atoms with E-state index in [9.17, 15) is 19.2 Å².